The normalized spacial score (nSPS) is 10.2. The first-order valence-electron chi connectivity index (χ1n) is 5.64. The average molecular weight is 286 g/mol. The number of fused-ring (bicyclic) bond motifs is 1. The lowest BCUT2D eigenvalue weighted by molar-refractivity contribution is -0.623. The van der Waals surface area contributed by atoms with E-state index in [4.69, 9.17) is 4.74 Å². The van der Waals surface area contributed by atoms with Crippen molar-refractivity contribution in [3.8, 4) is 0 Å². The van der Waals surface area contributed by atoms with E-state index < -0.39 is 0 Å². The van der Waals surface area contributed by atoms with Gasteiger partial charge in [-0.05, 0) is 6.07 Å². The third kappa shape index (κ3) is 2.80. The summed E-state index contributed by atoms with van der Waals surface area (Å²) in [7, 11) is 1.58. The van der Waals surface area contributed by atoms with Crippen molar-refractivity contribution in [1.29, 1.82) is 0 Å². The Morgan fingerprint density at radius 2 is 1.74 bits per heavy atom. The largest absolute Gasteiger partial charge is 0.710 e. The van der Waals surface area contributed by atoms with Gasteiger partial charge in [-0.25, -0.2) is 4.73 Å². The van der Waals surface area contributed by atoms with Gasteiger partial charge in [-0.1, -0.05) is 12.1 Å². The molecule has 1 N–H and O–H groups in total. The summed E-state index contributed by atoms with van der Waals surface area (Å²) in [5.74, 6) is 0.265. The Labute approximate surface area is 117 Å². The van der Waals surface area contributed by atoms with Crippen molar-refractivity contribution in [1.82, 2.24) is 0 Å². The Hall–Kier alpha value is -1.79. The van der Waals surface area contributed by atoms with Gasteiger partial charge in [-0.2, -0.15) is 4.73 Å². The quantitative estimate of drug-likeness (QED) is 0.514. The molecule has 19 heavy (non-hydrogen) atoms. The fourth-order valence-electron chi connectivity index (χ4n) is 1.82. The molecular formula is C12H16ClN3O3. The lowest BCUT2D eigenvalue weighted by Gasteiger charge is -2.14. The SMILES string of the molecule is COCCNc1c(C)[n+]([O-])c2ccccc2[n+]1[O-].Cl. The number of hydrogen-bond donors (Lipinski definition) is 1. The highest BCUT2D eigenvalue weighted by atomic mass is 35.5. The Morgan fingerprint density at radius 3 is 2.32 bits per heavy atom. The second-order valence-corrected chi connectivity index (χ2v) is 3.93. The first-order valence-corrected chi connectivity index (χ1v) is 5.64. The fourth-order valence-corrected chi connectivity index (χ4v) is 1.82. The van der Waals surface area contributed by atoms with Gasteiger partial charge in [-0.15, -0.1) is 12.4 Å². The van der Waals surface area contributed by atoms with Crippen molar-refractivity contribution in [2.24, 2.45) is 0 Å². The topological polar surface area (TPSA) is 75.1 Å². The van der Waals surface area contributed by atoms with E-state index in [1.165, 1.54) is 0 Å². The summed E-state index contributed by atoms with van der Waals surface area (Å²) in [5, 5.41) is 27.1. The van der Waals surface area contributed by atoms with E-state index in [9.17, 15) is 10.4 Å². The van der Waals surface area contributed by atoms with Crippen LogP contribution in [0.25, 0.3) is 11.0 Å². The summed E-state index contributed by atoms with van der Waals surface area (Å²) in [6.45, 7) is 2.55. The molecule has 0 amide bonds. The van der Waals surface area contributed by atoms with Crippen LogP contribution >= 0.6 is 12.4 Å². The predicted molar refractivity (Wildman–Crippen MR) is 74.2 cm³/mol. The van der Waals surface area contributed by atoms with Crippen LogP contribution < -0.4 is 14.8 Å². The second-order valence-electron chi connectivity index (χ2n) is 3.93. The molecule has 0 fully saturated rings. The molecule has 0 aliphatic rings. The maximum atomic E-state index is 12.2. The molecule has 6 nitrogen and oxygen atoms in total. The van der Waals surface area contributed by atoms with Gasteiger partial charge in [-0.3, -0.25) is 5.32 Å². The highest BCUT2D eigenvalue weighted by molar-refractivity contribution is 5.85. The molecule has 1 aromatic carbocycles. The number of rotatable bonds is 4. The minimum Gasteiger partial charge on any atom is -0.710 e. The van der Waals surface area contributed by atoms with E-state index in [1.54, 1.807) is 38.3 Å². The van der Waals surface area contributed by atoms with Crippen LogP contribution in [0.2, 0.25) is 0 Å². The highest BCUT2D eigenvalue weighted by Gasteiger charge is 2.21. The van der Waals surface area contributed by atoms with E-state index >= 15 is 0 Å². The lowest BCUT2D eigenvalue weighted by Crippen LogP contribution is -2.43. The van der Waals surface area contributed by atoms with E-state index in [-0.39, 0.29) is 18.2 Å². The van der Waals surface area contributed by atoms with Crippen LogP contribution in [0.1, 0.15) is 5.69 Å². The van der Waals surface area contributed by atoms with Crippen molar-refractivity contribution >= 4 is 29.3 Å². The molecule has 0 unspecified atom stereocenters. The van der Waals surface area contributed by atoms with Crippen molar-refractivity contribution in [2.75, 3.05) is 25.6 Å². The molecule has 104 valence electrons. The summed E-state index contributed by atoms with van der Waals surface area (Å²) in [6, 6.07) is 6.71. The van der Waals surface area contributed by atoms with Gasteiger partial charge < -0.3 is 15.2 Å². The van der Waals surface area contributed by atoms with Gasteiger partial charge >= 0.3 is 5.82 Å². The Kier molecular flexibility index (Phi) is 5.14. The first-order chi connectivity index (χ1) is 8.66. The van der Waals surface area contributed by atoms with Gasteiger partial charge in [0, 0.05) is 20.1 Å². The molecule has 0 saturated carbocycles. The van der Waals surface area contributed by atoms with Crippen LogP contribution in [0, 0.1) is 17.3 Å². The van der Waals surface area contributed by atoms with E-state index in [0.29, 0.717) is 29.9 Å². The van der Waals surface area contributed by atoms with Crippen LogP contribution in [0.15, 0.2) is 24.3 Å². The number of benzene rings is 1. The fraction of sp³-hybridized carbons (Fsp3) is 0.333. The molecule has 0 aliphatic heterocycles. The maximum Gasteiger partial charge on any atom is 0.347 e. The maximum absolute atomic E-state index is 12.2. The van der Waals surface area contributed by atoms with Crippen LogP contribution in [-0.4, -0.2) is 20.3 Å². The van der Waals surface area contributed by atoms with Gasteiger partial charge in [0.05, 0.1) is 6.61 Å². The molecule has 0 aliphatic carbocycles. The molecule has 0 atom stereocenters. The molecule has 0 radical (unpaired) electrons. The molecule has 2 rings (SSSR count). The number of ether oxygens (including phenoxy) is 1. The summed E-state index contributed by atoms with van der Waals surface area (Å²) in [5.41, 5.74) is 1.06. The standard InChI is InChI=1S/C12H15N3O3.ClH/c1-9-12(13-7-8-18-2)15(17)11-6-4-3-5-10(11)14(9)16;/h3-6,13H,7-8H2,1-2H3;1H. The summed E-state index contributed by atoms with van der Waals surface area (Å²) in [4.78, 5) is 0. The third-order valence-electron chi connectivity index (χ3n) is 2.77. The predicted octanol–water partition coefficient (Wildman–Crippen LogP) is 0.895. The van der Waals surface area contributed by atoms with Gasteiger partial charge in [0.2, 0.25) is 5.52 Å². The van der Waals surface area contributed by atoms with E-state index in [1.807, 2.05) is 0 Å². The molecular weight excluding hydrogens is 270 g/mol. The second kappa shape index (κ2) is 6.40. The van der Waals surface area contributed by atoms with Gasteiger partial charge in [0.15, 0.2) is 0 Å². The van der Waals surface area contributed by atoms with Crippen LogP contribution in [0.5, 0.6) is 0 Å². The Bertz CT molecular complexity index is 578. The van der Waals surface area contributed by atoms with Crippen molar-refractivity contribution in [2.45, 2.75) is 6.92 Å². The molecule has 0 bridgehead atoms. The molecule has 1 aromatic heterocycles. The van der Waals surface area contributed by atoms with Gasteiger partial charge in [0.1, 0.15) is 6.54 Å². The number of methoxy groups -OCH3 is 1. The van der Waals surface area contributed by atoms with Crippen LogP contribution in [0.4, 0.5) is 5.82 Å². The van der Waals surface area contributed by atoms with Crippen molar-refractivity contribution < 1.29 is 14.2 Å². The third-order valence-corrected chi connectivity index (χ3v) is 2.77. The van der Waals surface area contributed by atoms with Crippen molar-refractivity contribution in [3.63, 3.8) is 0 Å². The zero-order valence-electron chi connectivity index (χ0n) is 10.8. The van der Waals surface area contributed by atoms with Crippen molar-refractivity contribution in [3.05, 3.63) is 40.4 Å². The number of nitrogens with one attached hydrogen (secondary N) is 1. The van der Waals surface area contributed by atoms with E-state index in [0.717, 1.165) is 9.46 Å². The number of anilines is 1. The lowest BCUT2D eigenvalue weighted by atomic mass is 10.3. The highest BCUT2D eigenvalue weighted by Crippen LogP contribution is 2.11. The smallest absolute Gasteiger partial charge is 0.347 e. The molecule has 7 heteroatoms. The van der Waals surface area contributed by atoms with E-state index in [2.05, 4.69) is 5.32 Å². The first kappa shape index (κ1) is 15.3. The molecule has 2 aromatic rings. The number of hydrogen-bond acceptors (Lipinski definition) is 4. The zero-order chi connectivity index (χ0) is 13.1. The summed E-state index contributed by atoms with van der Waals surface area (Å²) >= 11 is 0. The molecule has 0 spiro atoms. The monoisotopic (exact) mass is 285 g/mol. The average Bonchev–Trinajstić information content (AvgIpc) is 2.40. The number of halogens is 1. The number of aromatic nitrogens is 2. The Morgan fingerprint density at radius 1 is 1.16 bits per heavy atom. The van der Waals surface area contributed by atoms with Gasteiger partial charge in [0.25, 0.3) is 11.2 Å². The molecule has 0 saturated heterocycles. The number of para-hydroxylation sites is 2. The van der Waals surface area contributed by atoms with Crippen LogP contribution in [0.3, 0.4) is 0 Å². The number of nitrogens with zero attached hydrogens (tertiary/aromatic N) is 2. The van der Waals surface area contributed by atoms with Crippen LogP contribution in [-0.2, 0) is 4.74 Å². The minimum absolute atomic E-state index is 0. The summed E-state index contributed by atoms with van der Waals surface area (Å²) < 4.78 is 6.41. The minimum atomic E-state index is 0. The zero-order valence-corrected chi connectivity index (χ0v) is 11.6. The summed E-state index contributed by atoms with van der Waals surface area (Å²) in [6.07, 6.45) is 0. The molecule has 1 heterocycles. The Balaban J connectivity index is 0.00000180.